The van der Waals surface area contributed by atoms with Gasteiger partial charge in [-0.2, -0.15) is 0 Å². The zero-order chi connectivity index (χ0) is 10.0. The van der Waals surface area contributed by atoms with Gasteiger partial charge in [0.2, 0.25) is 0 Å². The summed E-state index contributed by atoms with van der Waals surface area (Å²) in [5.74, 6) is 0. The molecule has 1 fully saturated rings. The number of thiophene rings is 1. The Kier molecular flexibility index (Phi) is 2.93. The van der Waals surface area contributed by atoms with Crippen LogP contribution in [0, 0.1) is 6.92 Å². The maximum atomic E-state index is 3.71. The lowest BCUT2D eigenvalue weighted by atomic mass is 10.0. The molecule has 0 amide bonds. The topological polar surface area (TPSA) is 12.0 Å². The smallest absolute Gasteiger partial charge is 0.0307 e. The van der Waals surface area contributed by atoms with E-state index in [-0.39, 0.29) is 0 Å². The van der Waals surface area contributed by atoms with E-state index in [1.807, 2.05) is 11.3 Å². The van der Waals surface area contributed by atoms with E-state index in [0.717, 1.165) is 6.54 Å². The van der Waals surface area contributed by atoms with Gasteiger partial charge in [-0.1, -0.05) is 12.8 Å². The Hall–Kier alpha value is -0.340. The van der Waals surface area contributed by atoms with Crippen LogP contribution in [0.25, 0.3) is 0 Å². The summed E-state index contributed by atoms with van der Waals surface area (Å²) in [6.07, 6.45) is 5.48. The van der Waals surface area contributed by atoms with Gasteiger partial charge in [-0.15, -0.1) is 11.3 Å². The fourth-order valence-corrected chi connectivity index (χ4v) is 3.06. The molecule has 1 heterocycles. The van der Waals surface area contributed by atoms with Crippen molar-refractivity contribution in [3.05, 3.63) is 21.9 Å². The Balaban J connectivity index is 1.91. The lowest BCUT2D eigenvalue weighted by Gasteiger charge is -2.25. The average molecular weight is 209 g/mol. The largest absolute Gasteiger partial charge is 0.307 e. The first-order valence-corrected chi connectivity index (χ1v) is 6.36. The van der Waals surface area contributed by atoms with Crippen LogP contribution in [0.2, 0.25) is 0 Å². The van der Waals surface area contributed by atoms with Gasteiger partial charge < -0.3 is 5.32 Å². The van der Waals surface area contributed by atoms with Crippen LogP contribution in [-0.2, 0) is 6.54 Å². The second-order valence-electron chi connectivity index (χ2n) is 4.65. The summed E-state index contributed by atoms with van der Waals surface area (Å²) < 4.78 is 0. The fourth-order valence-electron chi connectivity index (χ4n) is 2.21. The van der Waals surface area contributed by atoms with Gasteiger partial charge in [-0.3, -0.25) is 0 Å². The molecule has 0 saturated heterocycles. The van der Waals surface area contributed by atoms with E-state index >= 15 is 0 Å². The molecule has 78 valence electrons. The molecule has 14 heavy (non-hydrogen) atoms. The molecule has 1 N–H and O–H groups in total. The van der Waals surface area contributed by atoms with Gasteiger partial charge in [0.25, 0.3) is 0 Å². The van der Waals surface area contributed by atoms with Crippen LogP contribution < -0.4 is 5.32 Å². The zero-order valence-corrected chi connectivity index (χ0v) is 9.91. The van der Waals surface area contributed by atoms with E-state index in [0.29, 0.717) is 5.54 Å². The summed E-state index contributed by atoms with van der Waals surface area (Å²) >= 11 is 1.87. The standard InChI is InChI=1S/C12H19NS/c1-10-5-8-14-11(10)9-13-12(2)6-3-4-7-12/h5,8,13H,3-4,6-7,9H2,1-2H3. The molecule has 1 aromatic rings. The molecule has 0 unspecified atom stereocenters. The van der Waals surface area contributed by atoms with E-state index in [9.17, 15) is 0 Å². The third-order valence-corrected chi connectivity index (χ3v) is 4.37. The first-order chi connectivity index (χ1) is 6.70. The second kappa shape index (κ2) is 4.03. The third kappa shape index (κ3) is 2.18. The number of nitrogens with one attached hydrogen (secondary N) is 1. The maximum Gasteiger partial charge on any atom is 0.0307 e. The Morgan fingerprint density at radius 3 is 2.71 bits per heavy atom. The van der Waals surface area contributed by atoms with Crippen molar-refractivity contribution in [2.24, 2.45) is 0 Å². The molecule has 1 aliphatic rings. The summed E-state index contributed by atoms with van der Waals surface area (Å²) in [4.78, 5) is 1.50. The van der Waals surface area contributed by atoms with Crippen molar-refractivity contribution in [3.8, 4) is 0 Å². The first kappa shape index (κ1) is 10.2. The highest BCUT2D eigenvalue weighted by Crippen LogP contribution is 2.29. The molecule has 2 heteroatoms. The Morgan fingerprint density at radius 1 is 1.43 bits per heavy atom. The number of hydrogen-bond acceptors (Lipinski definition) is 2. The van der Waals surface area contributed by atoms with Crippen LogP contribution in [0.4, 0.5) is 0 Å². The van der Waals surface area contributed by atoms with Crippen molar-refractivity contribution >= 4 is 11.3 Å². The van der Waals surface area contributed by atoms with E-state index in [4.69, 9.17) is 0 Å². The minimum atomic E-state index is 0.413. The molecule has 1 saturated carbocycles. The fraction of sp³-hybridized carbons (Fsp3) is 0.667. The predicted molar refractivity (Wildman–Crippen MR) is 62.8 cm³/mol. The number of rotatable bonds is 3. The Labute approximate surface area is 90.5 Å². The summed E-state index contributed by atoms with van der Waals surface area (Å²) in [7, 11) is 0. The zero-order valence-electron chi connectivity index (χ0n) is 9.10. The minimum absolute atomic E-state index is 0.413. The van der Waals surface area contributed by atoms with Crippen molar-refractivity contribution in [1.29, 1.82) is 0 Å². The van der Waals surface area contributed by atoms with Gasteiger partial charge in [0.1, 0.15) is 0 Å². The van der Waals surface area contributed by atoms with Crippen LogP contribution in [0.1, 0.15) is 43.0 Å². The van der Waals surface area contributed by atoms with Crippen molar-refractivity contribution in [1.82, 2.24) is 5.32 Å². The van der Waals surface area contributed by atoms with Gasteiger partial charge in [-0.05, 0) is 43.7 Å². The summed E-state index contributed by atoms with van der Waals surface area (Å²) in [5, 5.41) is 5.90. The molecule has 0 spiro atoms. The normalized spacial score (nSPS) is 20.1. The van der Waals surface area contributed by atoms with Crippen molar-refractivity contribution in [2.45, 2.75) is 51.6 Å². The third-order valence-electron chi connectivity index (χ3n) is 3.35. The summed E-state index contributed by atoms with van der Waals surface area (Å²) in [6, 6.07) is 2.21. The SMILES string of the molecule is Cc1ccsc1CNC1(C)CCCC1. The van der Waals surface area contributed by atoms with Crippen LogP contribution in [0.15, 0.2) is 11.4 Å². The highest BCUT2D eigenvalue weighted by molar-refractivity contribution is 7.10. The predicted octanol–water partition coefficient (Wildman–Crippen LogP) is 3.48. The van der Waals surface area contributed by atoms with Crippen LogP contribution in [-0.4, -0.2) is 5.54 Å². The van der Waals surface area contributed by atoms with E-state index < -0.39 is 0 Å². The lowest BCUT2D eigenvalue weighted by Crippen LogP contribution is -2.38. The van der Waals surface area contributed by atoms with E-state index in [1.54, 1.807) is 0 Å². The van der Waals surface area contributed by atoms with Gasteiger partial charge >= 0.3 is 0 Å². The van der Waals surface area contributed by atoms with Crippen molar-refractivity contribution in [3.63, 3.8) is 0 Å². The van der Waals surface area contributed by atoms with Crippen LogP contribution >= 0.6 is 11.3 Å². The van der Waals surface area contributed by atoms with Crippen LogP contribution in [0.5, 0.6) is 0 Å². The molecule has 0 aliphatic heterocycles. The van der Waals surface area contributed by atoms with Crippen molar-refractivity contribution in [2.75, 3.05) is 0 Å². The average Bonchev–Trinajstić information content (AvgIpc) is 2.73. The highest BCUT2D eigenvalue weighted by atomic mass is 32.1. The molecule has 0 radical (unpaired) electrons. The van der Waals surface area contributed by atoms with Crippen LogP contribution in [0.3, 0.4) is 0 Å². The molecule has 2 rings (SSSR count). The molecule has 0 aromatic carbocycles. The Bertz CT molecular complexity index is 297. The molecular formula is C12H19NS. The lowest BCUT2D eigenvalue weighted by molar-refractivity contribution is 0.364. The summed E-state index contributed by atoms with van der Waals surface area (Å²) in [5.41, 5.74) is 1.85. The van der Waals surface area contributed by atoms with E-state index in [1.165, 1.54) is 36.1 Å². The monoisotopic (exact) mass is 209 g/mol. The number of aryl methyl sites for hydroxylation is 1. The Morgan fingerprint density at radius 2 is 2.14 bits per heavy atom. The van der Waals surface area contributed by atoms with E-state index in [2.05, 4.69) is 30.6 Å². The number of hydrogen-bond donors (Lipinski definition) is 1. The molecule has 0 bridgehead atoms. The molecular weight excluding hydrogens is 190 g/mol. The van der Waals surface area contributed by atoms with Gasteiger partial charge in [0, 0.05) is 17.0 Å². The molecule has 1 nitrogen and oxygen atoms in total. The van der Waals surface area contributed by atoms with Crippen molar-refractivity contribution < 1.29 is 0 Å². The molecule has 1 aromatic heterocycles. The maximum absolute atomic E-state index is 3.71. The van der Waals surface area contributed by atoms with Gasteiger partial charge in [-0.25, -0.2) is 0 Å². The minimum Gasteiger partial charge on any atom is -0.307 e. The quantitative estimate of drug-likeness (QED) is 0.803. The molecule has 1 aliphatic carbocycles. The molecule has 0 atom stereocenters. The van der Waals surface area contributed by atoms with Gasteiger partial charge in [0.05, 0.1) is 0 Å². The van der Waals surface area contributed by atoms with Gasteiger partial charge in [0.15, 0.2) is 0 Å². The highest BCUT2D eigenvalue weighted by Gasteiger charge is 2.27. The summed E-state index contributed by atoms with van der Waals surface area (Å²) in [6.45, 7) is 5.62. The second-order valence-corrected chi connectivity index (χ2v) is 5.65. The first-order valence-electron chi connectivity index (χ1n) is 5.48.